The lowest BCUT2D eigenvalue weighted by atomic mass is 9.84. The summed E-state index contributed by atoms with van der Waals surface area (Å²) in [5, 5.41) is 6.64. The Balaban J connectivity index is 2.10. The number of H-pyrrole nitrogens is 1. The number of aryl methyl sites for hydroxylation is 1. The number of pyridine rings is 1. The highest BCUT2D eigenvalue weighted by atomic mass is 19.4. The highest BCUT2D eigenvalue weighted by molar-refractivity contribution is 6.14. The van der Waals surface area contributed by atoms with Crippen LogP contribution < -0.4 is 5.73 Å². The molecule has 0 saturated heterocycles. The second kappa shape index (κ2) is 6.61. The predicted octanol–water partition coefficient (Wildman–Crippen LogP) is 4.54. The van der Waals surface area contributed by atoms with Gasteiger partial charge >= 0.3 is 6.18 Å². The first-order valence-electron chi connectivity index (χ1n) is 9.11. The van der Waals surface area contributed by atoms with Crippen LogP contribution in [0.4, 0.5) is 18.9 Å². The maximum Gasteiger partial charge on any atom is 0.433 e. The van der Waals surface area contributed by atoms with Crippen LogP contribution in [0.5, 0.6) is 0 Å². The van der Waals surface area contributed by atoms with Crippen LogP contribution in [0.1, 0.15) is 42.1 Å². The fourth-order valence-corrected chi connectivity index (χ4v) is 4.04. The van der Waals surface area contributed by atoms with E-state index in [1.54, 1.807) is 19.2 Å². The van der Waals surface area contributed by atoms with Gasteiger partial charge in [0.25, 0.3) is 0 Å². The second-order valence-corrected chi connectivity index (χ2v) is 7.01. The molecule has 3 aromatic rings. The molecule has 0 spiro atoms. The molecule has 1 aliphatic rings. The van der Waals surface area contributed by atoms with Crippen LogP contribution >= 0.6 is 0 Å². The Morgan fingerprint density at radius 1 is 1.18 bits per heavy atom. The Bertz CT molecular complexity index is 1100. The number of halogens is 3. The summed E-state index contributed by atoms with van der Waals surface area (Å²) in [6, 6.07) is 3.50. The monoisotopic (exact) mass is 387 g/mol. The molecule has 0 bridgehead atoms. The van der Waals surface area contributed by atoms with Gasteiger partial charge in [-0.1, -0.05) is 0 Å². The van der Waals surface area contributed by atoms with Gasteiger partial charge in [-0.2, -0.15) is 18.3 Å². The molecule has 28 heavy (non-hydrogen) atoms. The number of hydrogen-bond donors (Lipinski definition) is 2. The lowest BCUT2D eigenvalue weighted by Gasteiger charge is -2.23. The summed E-state index contributed by atoms with van der Waals surface area (Å²) in [6.45, 7) is 1.88. The first-order chi connectivity index (χ1) is 13.3. The number of nitrogen functional groups attached to an aromatic ring is 1. The summed E-state index contributed by atoms with van der Waals surface area (Å²) in [4.78, 5) is 8.94. The number of rotatable bonds is 2. The molecule has 4 rings (SSSR count). The van der Waals surface area contributed by atoms with Crippen molar-refractivity contribution in [3.63, 3.8) is 0 Å². The topological polar surface area (TPSA) is 79.9 Å². The minimum Gasteiger partial charge on any atom is -0.398 e. The maximum atomic E-state index is 13.5. The molecule has 2 aromatic heterocycles. The molecule has 8 heteroatoms. The molecular weight excluding hydrogens is 367 g/mol. The number of alkyl halides is 3. The molecular formula is C20H20F3N5. The third kappa shape index (κ3) is 2.83. The summed E-state index contributed by atoms with van der Waals surface area (Å²) < 4.78 is 40.4. The summed E-state index contributed by atoms with van der Waals surface area (Å²) in [6.07, 6.45) is 0.00967. The van der Waals surface area contributed by atoms with Crippen LogP contribution in [0.2, 0.25) is 0 Å². The van der Waals surface area contributed by atoms with Crippen molar-refractivity contribution in [2.45, 2.75) is 38.8 Å². The molecule has 0 fully saturated rings. The number of nitrogens with one attached hydrogen (secondary N) is 1. The number of hydrogen-bond acceptors (Lipinski definition) is 4. The molecule has 3 N–H and O–H groups in total. The van der Waals surface area contributed by atoms with Gasteiger partial charge in [0.15, 0.2) is 0 Å². The maximum absolute atomic E-state index is 13.5. The zero-order valence-corrected chi connectivity index (χ0v) is 15.6. The fourth-order valence-electron chi connectivity index (χ4n) is 4.04. The predicted molar refractivity (Wildman–Crippen MR) is 104 cm³/mol. The molecule has 1 aliphatic carbocycles. The Morgan fingerprint density at radius 3 is 2.57 bits per heavy atom. The number of anilines is 1. The lowest BCUT2D eigenvalue weighted by molar-refractivity contribution is -0.140. The Kier molecular flexibility index (Phi) is 4.36. The lowest BCUT2D eigenvalue weighted by Crippen LogP contribution is -2.13. The van der Waals surface area contributed by atoms with E-state index in [-0.39, 0.29) is 5.56 Å². The quantitative estimate of drug-likeness (QED) is 0.500. The van der Waals surface area contributed by atoms with E-state index in [4.69, 9.17) is 5.73 Å². The minimum atomic E-state index is -4.53. The molecule has 0 aliphatic heterocycles. The normalized spacial score (nSPS) is 15.1. The van der Waals surface area contributed by atoms with E-state index in [9.17, 15) is 13.2 Å². The van der Waals surface area contributed by atoms with E-state index in [0.717, 1.165) is 47.1 Å². The molecule has 146 valence electrons. The van der Waals surface area contributed by atoms with Crippen molar-refractivity contribution in [3.05, 3.63) is 40.7 Å². The first-order valence-corrected chi connectivity index (χ1v) is 9.11. The van der Waals surface area contributed by atoms with Crippen LogP contribution in [-0.4, -0.2) is 27.9 Å². The molecule has 1 aromatic carbocycles. The number of benzene rings is 1. The van der Waals surface area contributed by atoms with E-state index in [1.807, 2.05) is 6.92 Å². The molecule has 5 nitrogen and oxygen atoms in total. The van der Waals surface area contributed by atoms with Crippen LogP contribution in [0.25, 0.3) is 22.2 Å². The molecule has 2 heterocycles. The zero-order valence-electron chi connectivity index (χ0n) is 15.6. The van der Waals surface area contributed by atoms with Crippen molar-refractivity contribution in [1.29, 1.82) is 0 Å². The largest absolute Gasteiger partial charge is 0.433 e. The molecule has 0 unspecified atom stereocenters. The van der Waals surface area contributed by atoms with Gasteiger partial charge in [-0.3, -0.25) is 10.1 Å². The van der Waals surface area contributed by atoms with Gasteiger partial charge in [-0.25, -0.2) is 4.98 Å². The number of nitrogens with zero attached hydrogens (tertiary/aromatic N) is 3. The standard InChI is InChI=1S/C20H20F3N5/c1-10(25-2)16-14(24)7-8-15-17(16)11-5-3-4-6-12(11)18(27-15)13-9-26-28-19(13)20(21,22)23/h7-9H,3-6,24H2,1-2H3,(H,26,28). The fraction of sp³-hybridized carbons (Fsp3) is 0.350. The summed E-state index contributed by atoms with van der Waals surface area (Å²) in [7, 11) is 1.70. The number of nitrogens with two attached hydrogens (primary N) is 1. The van der Waals surface area contributed by atoms with Crippen molar-refractivity contribution in [2.24, 2.45) is 4.99 Å². The average Bonchev–Trinajstić information content (AvgIpc) is 3.17. The Morgan fingerprint density at radius 2 is 1.89 bits per heavy atom. The van der Waals surface area contributed by atoms with Crippen molar-refractivity contribution in [1.82, 2.24) is 15.2 Å². The van der Waals surface area contributed by atoms with Crippen molar-refractivity contribution in [2.75, 3.05) is 12.8 Å². The van der Waals surface area contributed by atoms with Crippen LogP contribution in [0, 0.1) is 0 Å². The number of aromatic nitrogens is 3. The van der Waals surface area contributed by atoms with Gasteiger partial charge in [-0.15, -0.1) is 0 Å². The van der Waals surface area contributed by atoms with E-state index < -0.39 is 11.9 Å². The van der Waals surface area contributed by atoms with Crippen molar-refractivity contribution in [3.8, 4) is 11.3 Å². The molecule has 0 saturated carbocycles. The van der Waals surface area contributed by atoms with Crippen LogP contribution in [0.15, 0.2) is 23.3 Å². The second-order valence-electron chi connectivity index (χ2n) is 7.01. The van der Waals surface area contributed by atoms with E-state index in [0.29, 0.717) is 23.3 Å². The first kappa shape index (κ1) is 18.5. The van der Waals surface area contributed by atoms with Gasteiger partial charge in [0.05, 0.1) is 23.0 Å². The number of fused-ring (bicyclic) bond motifs is 3. The third-order valence-electron chi connectivity index (χ3n) is 5.38. The molecule has 0 amide bonds. The van der Waals surface area contributed by atoms with Gasteiger partial charge in [-0.05, 0) is 55.9 Å². The van der Waals surface area contributed by atoms with E-state index in [2.05, 4.69) is 20.2 Å². The van der Waals surface area contributed by atoms with Crippen molar-refractivity contribution >= 4 is 22.3 Å². The van der Waals surface area contributed by atoms with Crippen LogP contribution in [0.3, 0.4) is 0 Å². The molecule has 0 atom stereocenters. The third-order valence-corrected chi connectivity index (χ3v) is 5.38. The summed E-state index contributed by atoms with van der Waals surface area (Å²) in [5.41, 5.74) is 10.4. The average molecular weight is 387 g/mol. The minimum absolute atomic E-state index is 0.00759. The smallest absolute Gasteiger partial charge is 0.398 e. The highest BCUT2D eigenvalue weighted by Gasteiger charge is 2.37. The SMILES string of the molecule is CN=C(C)c1c(N)ccc2nc(-c3cn[nH]c3C(F)(F)F)c3c(c12)CCCC3. The van der Waals surface area contributed by atoms with Crippen molar-refractivity contribution < 1.29 is 13.2 Å². The molecule has 0 radical (unpaired) electrons. The van der Waals surface area contributed by atoms with Gasteiger partial charge in [0.2, 0.25) is 0 Å². The Labute approximate surface area is 159 Å². The summed E-state index contributed by atoms with van der Waals surface area (Å²) >= 11 is 0. The van der Waals surface area contributed by atoms with Crippen LogP contribution in [-0.2, 0) is 19.0 Å². The number of aromatic amines is 1. The summed E-state index contributed by atoms with van der Waals surface area (Å²) in [5.74, 6) is 0. The van der Waals surface area contributed by atoms with E-state index in [1.165, 1.54) is 6.20 Å². The van der Waals surface area contributed by atoms with Gasteiger partial charge in [0, 0.05) is 29.4 Å². The highest BCUT2D eigenvalue weighted by Crippen LogP contribution is 2.41. The number of aliphatic imine (C=N–C) groups is 1. The van der Waals surface area contributed by atoms with Gasteiger partial charge < -0.3 is 5.73 Å². The van der Waals surface area contributed by atoms with E-state index >= 15 is 0 Å². The van der Waals surface area contributed by atoms with Gasteiger partial charge in [0.1, 0.15) is 5.69 Å². The zero-order chi connectivity index (χ0) is 20.1. The Hall–Kier alpha value is -2.90.